The maximum Gasteiger partial charge on any atom is 0.305 e. The first-order valence-electron chi connectivity index (χ1n) is 40.3. The van der Waals surface area contributed by atoms with Crippen molar-refractivity contribution in [2.45, 2.75) is 164 Å². The second-order valence-electron chi connectivity index (χ2n) is 29.7. The molecule has 0 bridgehead atoms. The number of fused-ring (bicyclic) bond motifs is 1. The summed E-state index contributed by atoms with van der Waals surface area (Å²) in [6, 6.07) is 19.6. The number of unbranched alkanes of at least 4 members (excludes halogenated alkanes) is 1. The van der Waals surface area contributed by atoms with Crippen molar-refractivity contribution in [3.63, 3.8) is 0 Å². The Balaban J connectivity index is 1.21. The van der Waals surface area contributed by atoms with Crippen LogP contribution in [0.4, 0.5) is 0 Å². The number of hydrogen-bond donors (Lipinski definition) is 23. The number of aliphatic carboxylic acids is 1. The average Bonchev–Trinajstić information content (AvgIpc) is 1.67. The Morgan fingerprint density at radius 2 is 0.895 bits per heavy atom. The van der Waals surface area contributed by atoms with E-state index in [-0.39, 0.29) is 76.1 Å². The molecule has 0 aliphatic heterocycles. The zero-order valence-electron chi connectivity index (χ0n) is 69.3. The summed E-state index contributed by atoms with van der Waals surface area (Å²) >= 11 is 8.50. The molecule has 0 fully saturated rings. The van der Waals surface area contributed by atoms with Crippen molar-refractivity contribution in [1.29, 1.82) is 0 Å². The summed E-state index contributed by atoms with van der Waals surface area (Å²) in [5, 5.41) is 56.6. The number of para-hydroxylation sites is 1. The van der Waals surface area contributed by atoms with Crippen LogP contribution in [0.5, 0.6) is 5.75 Å². The second-order valence-corrected chi connectivity index (χ2v) is 30.4. The number of rotatable bonds is 53. The van der Waals surface area contributed by atoms with Crippen molar-refractivity contribution in [3.05, 3.63) is 162 Å². The van der Waals surface area contributed by atoms with Crippen LogP contribution in [0, 0.1) is 5.92 Å². The highest BCUT2D eigenvalue weighted by Crippen LogP contribution is 2.23. The zero-order chi connectivity index (χ0) is 91.0. The number of carboxylic acids is 1. The number of aromatic hydroxyl groups is 1. The Labute approximate surface area is 727 Å². The number of benzene rings is 5. The van der Waals surface area contributed by atoms with Gasteiger partial charge in [-0.2, -0.15) is 25.3 Å². The number of primary amides is 1. The second kappa shape index (κ2) is 52.1. The van der Waals surface area contributed by atoms with Crippen LogP contribution < -0.4 is 97.4 Å². The molecule has 0 spiro atoms. The van der Waals surface area contributed by atoms with Gasteiger partial charge in [-0.25, -0.2) is 0 Å². The van der Waals surface area contributed by atoms with Gasteiger partial charge >= 0.3 is 5.97 Å². The van der Waals surface area contributed by atoms with E-state index in [1.165, 1.54) is 31.2 Å². The number of phenols is 1. The zero-order valence-corrected chi connectivity index (χ0v) is 71.0. The van der Waals surface area contributed by atoms with Gasteiger partial charge < -0.3 is 117 Å². The first kappa shape index (κ1) is 100. The van der Waals surface area contributed by atoms with Crippen LogP contribution in [0.1, 0.15) is 88.5 Å². The third-order valence-electron chi connectivity index (χ3n) is 19.5. The predicted molar refractivity (Wildman–Crippen MR) is 465 cm³/mol. The lowest BCUT2D eigenvalue weighted by Crippen LogP contribution is -2.62. The highest BCUT2D eigenvalue weighted by molar-refractivity contribution is 7.80. The topological polar surface area (TPSA) is 611 Å². The van der Waals surface area contributed by atoms with E-state index in [0.29, 0.717) is 52.5 Å². The van der Waals surface area contributed by atoms with Crippen LogP contribution in [-0.2, 0) is 107 Å². The van der Waals surface area contributed by atoms with Crippen LogP contribution in [0.25, 0.3) is 22.0 Å². The third kappa shape index (κ3) is 33.7. The lowest BCUT2D eigenvalue weighted by atomic mass is 9.99. The molecule has 6 rings (SSSR count). The molecular weight excluding hydrogens is 1640 g/mol. The summed E-state index contributed by atoms with van der Waals surface area (Å²) in [6.45, 7) is 4.12. The maximum atomic E-state index is 15.2. The lowest BCUT2D eigenvalue weighted by molar-refractivity contribution is -0.141. The minimum absolute atomic E-state index is 0.00763. The van der Waals surface area contributed by atoms with E-state index >= 15 is 9.59 Å². The van der Waals surface area contributed by atoms with Gasteiger partial charge in [0, 0.05) is 74.3 Å². The molecule has 0 unspecified atom stereocenters. The number of ether oxygens (including phenoxy) is 1. The molecule has 0 aliphatic rings. The van der Waals surface area contributed by atoms with Crippen LogP contribution in [0.15, 0.2) is 140 Å². The van der Waals surface area contributed by atoms with Gasteiger partial charge in [-0.1, -0.05) is 129 Å². The number of hydrogen-bond acceptors (Lipinski definition) is 23. The van der Waals surface area contributed by atoms with Gasteiger partial charge in [0.15, 0.2) is 0 Å². The van der Waals surface area contributed by atoms with E-state index in [4.69, 9.17) is 27.7 Å². The van der Waals surface area contributed by atoms with Crippen LogP contribution in [-0.4, -0.2) is 240 Å². The first-order chi connectivity index (χ1) is 59.2. The number of nitrogens with one attached hydrogen (secondary N) is 15. The Hall–Kier alpha value is -12.5. The maximum absolute atomic E-state index is 15.2. The minimum Gasteiger partial charge on any atom is -0.508 e. The molecule has 0 radical (unpaired) electrons. The van der Waals surface area contributed by atoms with Gasteiger partial charge in [-0.05, 0) is 110 Å². The van der Waals surface area contributed by atoms with Crippen molar-refractivity contribution in [1.82, 2.24) is 79.4 Å². The summed E-state index contributed by atoms with van der Waals surface area (Å²) in [7, 11) is 0. The van der Waals surface area contributed by atoms with E-state index in [9.17, 15) is 77.3 Å². The minimum atomic E-state index is -1.87. The van der Waals surface area contributed by atoms with E-state index < -0.39 is 205 Å². The van der Waals surface area contributed by atoms with E-state index in [2.05, 4.69) is 105 Å². The highest BCUT2D eigenvalue weighted by atomic mass is 32.1. The van der Waals surface area contributed by atoms with Crippen molar-refractivity contribution < 1.29 is 91.7 Å². The molecule has 12 atom stereocenters. The third-order valence-corrected chi connectivity index (χ3v) is 20.3. The number of phenolic OH excluding ortho intramolecular Hbond substituents is 1. The number of carbonyl (C=O) groups is 16. The highest BCUT2D eigenvalue weighted by Gasteiger charge is 2.38. The Morgan fingerprint density at radius 1 is 0.435 bits per heavy atom. The number of amides is 15. The van der Waals surface area contributed by atoms with Crippen LogP contribution in [0.3, 0.4) is 0 Å². The SMILES string of the molecule is CC(=O)N[C@@H](CS)C(=O)N[C@@H](C)C(=O)N[C@@H](CC(=O)O)C(=O)N[C@@H](Cc1c[nH]c2ccccc12)C(=O)N[C@H](C(=O)N[C@@H](CS)C(=O)N[C@@H](Cc1ccc(O)cc1)C(=O)N[C@@H](Cc1ccc(-c2ccccc2)cc1)C(=O)N[C@@H](CCCN)C(=O)N[C@@H](CN)C(=O)N[C@@H](Cc1ccccc1)C(=O)NCC(=O)NCCOCC(=O)N[C@H](CCCCN)C(N)=O)C(C)C. The van der Waals surface area contributed by atoms with Gasteiger partial charge in [-0.3, -0.25) is 76.7 Å². The van der Waals surface area contributed by atoms with Crippen LogP contribution in [0.2, 0.25) is 0 Å². The number of H-pyrrole nitrogens is 1. The number of carboxylic acid groups (broad SMARTS) is 1. The summed E-state index contributed by atoms with van der Waals surface area (Å²) in [4.78, 5) is 223. The number of carbonyl (C=O) groups excluding carboxylic acids is 15. The molecule has 5 aromatic carbocycles. The molecule has 0 saturated heterocycles. The summed E-state index contributed by atoms with van der Waals surface area (Å²) in [5.74, 6) is -16.3. The number of aromatic nitrogens is 1. The van der Waals surface area contributed by atoms with Gasteiger partial charge in [0.25, 0.3) is 0 Å². The van der Waals surface area contributed by atoms with Crippen molar-refractivity contribution in [3.8, 4) is 16.9 Å². The van der Waals surface area contributed by atoms with Gasteiger partial charge in [-0.15, -0.1) is 0 Å². The Kier molecular flexibility index (Phi) is 42.1. The van der Waals surface area contributed by atoms with Crippen molar-refractivity contribution in [2.24, 2.45) is 28.9 Å². The normalized spacial score (nSPS) is 14.0. The summed E-state index contributed by atoms with van der Waals surface area (Å²) in [5.41, 5.74) is 27.3. The predicted octanol–water partition coefficient (Wildman–Crippen LogP) is -2.78. The first-order valence-corrected chi connectivity index (χ1v) is 41.6. The van der Waals surface area contributed by atoms with E-state index in [1.807, 2.05) is 30.3 Å². The molecule has 6 aromatic rings. The summed E-state index contributed by atoms with van der Waals surface area (Å²) in [6.07, 6.45) is 1.02. The van der Waals surface area contributed by atoms with Gasteiger partial charge in [0.05, 0.1) is 19.6 Å². The number of aromatic amines is 1. The Bertz CT molecular complexity index is 4610. The molecule has 670 valence electrons. The van der Waals surface area contributed by atoms with Crippen LogP contribution >= 0.6 is 25.3 Å². The fraction of sp³-hybridized carbons (Fsp3) is 0.429. The van der Waals surface area contributed by atoms with Gasteiger partial charge in [0.2, 0.25) is 88.6 Å². The molecule has 0 saturated carbocycles. The molecule has 25 N–H and O–H groups in total. The lowest BCUT2D eigenvalue weighted by Gasteiger charge is -2.29. The largest absolute Gasteiger partial charge is 0.508 e. The van der Waals surface area contributed by atoms with Crippen molar-refractivity contribution in [2.75, 3.05) is 57.4 Å². The molecule has 38 nitrogen and oxygen atoms in total. The monoisotopic (exact) mass is 1760 g/mol. The fourth-order valence-corrected chi connectivity index (χ4v) is 13.3. The molecule has 40 heteroatoms. The van der Waals surface area contributed by atoms with E-state index in [1.54, 1.807) is 98.9 Å². The molecule has 1 aromatic heterocycles. The molecule has 15 amide bonds. The standard InChI is InChI=1S/C84H113N19O19S2/c1-47(2)72(103-80(117)64(39-55-42-90-58-21-12-11-20-57(55)58)100-79(116)65(40-71(108)109)96-74(111)48(3)92-82(119)67(45-123)93-49(4)104)84(121)102-68(46-124)83(120)99-63(38-52-26-30-56(105)31-27-52)78(115)98-62(37-51-24-28-54(29-25-51)53-18-9-6-10-19-53)77(114)95-60(23-15-33-86)76(113)101-66(41-87)81(118)97-61(36-50-16-7-5-8-17-50)75(112)91-43-69(106)89-34-35-122-44-70(107)94-59(73(88)110)22-13-14-32-85/h5-12,16-21,24-31,42,47-48,59-68,72,90,105,123-124H,13-15,22-23,32-41,43-46,85-87H2,1-4H3,(H2,88,110)(H,89,106)(H,91,112)(H,92,119)(H,93,104)(H,94,107)(H,95,114)(H,96,111)(H,97,118)(H,98,115)(H,99,120)(H,100,116)(H,101,113)(H,102,121)(H,103,117)(H,108,109)/t48-,59+,60-,61-,62-,63-,64-,65-,66-,67-,68-,72-/m0/s1. The van der Waals surface area contributed by atoms with E-state index in [0.717, 1.165) is 18.1 Å². The molecule has 0 aliphatic carbocycles. The Morgan fingerprint density at radius 3 is 1.46 bits per heavy atom. The van der Waals surface area contributed by atoms with Gasteiger partial charge in [0.1, 0.15) is 84.9 Å². The molecule has 124 heavy (non-hydrogen) atoms. The fourth-order valence-electron chi connectivity index (χ4n) is 12.8. The quantitative estimate of drug-likeness (QED) is 0.0136. The summed E-state index contributed by atoms with van der Waals surface area (Å²) < 4.78 is 5.34. The molecular formula is C84H113N19O19S2. The molecule has 1 heterocycles. The number of thiol groups is 2. The van der Waals surface area contributed by atoms with Crippen molar-refractivity contribution >= 4 is 131 Å². The number of nitrogens with two attached hydrogens (primary N) is 4. The average molecular weight is 1760 g/mol. The smallest absolute Gasteiger partial charge is 0.305 e.